The first-order valence-corrected chi connectivity index (χ1v) is 8.66. The van der Waals surface area contributed by atoms with Crippen LogP contribution in [0.3, 0.4) is 0 Å². The van der Waals surface area contributed by atoms with Crippen LogP contribution >= 0.6 is 11.6 Å². The number of hydrogen-bond donors (Lipinski definition) is 1. The van der Waals surface area contributed by atoms with E-state index in [1.54, 1.807) is 36.7 Å². The molecule has 1 N–H and O–H groups in total. The minimum Gasteiger partial charge on any atom is -0.351 e. The van der Waals surface area contributed by atoms with E-state index in [-0.39, 0.29) is 17.6 Å². The molecular formula is C21H18ClFN2O. The maximum atomic E-state index is 13.0. The van der Waals surface area contributed by atoms with Gasteiger partial charge < -0.3 is 5.32 Å². The van der Waals surface area contributed by atoms with Gasteiger partial charge in [-0.1, -0.05) is 41.9 Å². The molecule has 132 valence electrons. The highest BCUT2D eigenvalue weighted by Gasteiger charge is 2.21. The summed E-state index contributed by atoms with van der Waals surface area (Å²) in [7, 11) is 0. The van der Waals surface area contributed by atoms with Crippen LogP contribution in [0.2, 0.25) is 5.02 Å². The molecule has 0 aliphatic heterocycles. The number of carbonyl (C=O) groups is 1. The Labute approximate surface area is 156 Å². The highest BCUT2D eigenvalue weighted by atomic mass is 35.5. The van der Waals surface area contributed by atoms with Crippen molar-refractivity contribution in [2.75, 3.05) is 0 Å². The van der Waals surface area contributed by atoms with E-state index in [0.717, 1.165) is 16.7 Å². The molecule has 5 heteroatoms. The summed E-state index contributed by atoms with van der Waals surface area (Å²) in [5.41, 5.74) is 2.70. The third-order valence-corrected chi connectivity index (χ3v) is 4.38. The van der Waals surface area contributed by atoms with Crippen molar-refractivity contribution in [2.45, 2.75) is 18.9 Å². The van der Waals surface area contributed by atoms with Gasteiger partial charge in [0.1, 0.15) is 5.82 Å². The van der Waals surface area contributed by atoms with Crippen molar-refractivity contribution in [3.63, 3.8) is 0 Å². The zero-order valence-corrected chi connectivity index (χ0v) is 14.8. The number of nitrogens with zero attached hydrogens (tertiary/aromatic N) is 1. The Morgan fingerprint density at radius 2 is 1.77 bits per heavy atom. The number of amides is 1. The second-order valence-corrected chi connectivity index (χ2v) is 6.45. The van der Waals surface area contributed by atoms with E-state index in [0.29, 0.717) is 18.0 Å². The quantitative estimate of drug-likeness (QED) is 0.695. The van der Waals surface area contributed by atoms with Gasteiger partial charge >= 0.3 is 0 Å². The van der Waals surface area contributed by atoms with Gasteiger partial charge in [0, 0.05) is 24.0 Å². The highest BCUT2D eigenvalue weighted by Crippen LogP contribution is 2.23. The van der Waals surface area contributed by atoms with Crippen molar-refractivity contribution in [1.29, 1.82) is 0 Å². The molecular weight excluding hydrogens is 351 g/mol. The van der Waals surface area contributed by atoms with Crippen LogP contribution in [-0.4, -0.2) is 10.9 Å². The van der Waals surface area contributed by atoms with Gasteiger partial charge in [0.2, 0.25) is 5.91 Å². The molecule has 1 unspecified atom stereocenters. The SMILES string of the molecule is O=C(NCc1ccc(F)cc1)C(Cc1cccnc1)c1ccc(Cl)cc1. The maximum Gasteiger partial charge on any atom is 0.228 e. The third-order valence-electron chi connectivity index (χ3n) is 4.13. The molecule has 3 aromatic rings. The Balaban J connectivity index is 1.76. The maximum absolute atomic E-state index is 13.0. The molecule has 3 rings (SSSR count). The molecule has 0 aliphatic rings. The predicted octanol–water partition coefficient (Wildman–Crippen LogP) is 4.52. The summed E-state index contributed by atoms with van der Waals surface area (Å²) in [6.07, 6.45) is 4.00. The number of pyridine rings is 1. The largest absolute Gasteiger partial charge is 0.351 e. The molecule has 3 nitrogen and oxygen atoms in total. The molecule has 0 saturated heterocycles. The standard InChI is InChI=1S/C21H18ClFN2O/c22-18-7-5-17(6-8-18)20(12-16-2-1-11-24-13-16)21(26)25-14-15-3-9-19(23)10-4-15/h1-11,13,20H,12,14H2,(H,25,26). The highest BCUT2D eigenvalue weighted by molar-refractivity contribution is 6.30. The van der Waals surface area contributed by atoms with E-state index in [1.807, 2.05) is 24.3 Å². The van der Waals surface area contributed by atoms with Gasteiger partial charge in [-0.05, 0) is 53.4 Å². The van der Waals surface area contributed by atoms with Crippen LogP contribution in [0, 0.1) is 5.82 Å². The summed E-state index contributed by atoms with van der Waals surface area (Å²) in [5, 5.41) is 3.56. The molecule has 2 aromatic carbocycles. The van der Waals surface area contributed by atoms with Crippen LogP contribution < -0.4 is 5.32 Å². The molecule has 1 atom stereocenters. The number of hydrogen-bond acceptors (Lipinski definition) is 2. The van der Waals surface area contributed by atoms with Crippen molar-refractivity contribution in [2.24, 2.45) is 0 Å². The summed E-state index contributed by atoms with van der Waals surface area (Å²) < 4.78 is 13.0. The first-order chi connectivity index (χ1) is 12.6. The smallest absolute Gasteiger partial charge is 0.228 e. The molecule has 1 aromatic heterocycles. The van der Waals surface area contributed by atoms with E-state index in [1.165, 1.54) is 12.1 Å². The van der Waals surface area contributed by atoms with E-state index in [2.05, 4.69) is 10.3 Å². The minimum absolute atomic E-state index is 0.0968. The number of carbonyl (C=O) groups excluding carboxylic acids is 1. The van der Waals surface area contributed by atoms with Gasteiger partial charge in [-0.25, -0.2) is 4.39 Å². The Hall–Kier alpha value is -2.72. The van der Waals surface area contributed by atoms with Crippen LogP contribution in [0.4, 0.5) is 4.39 Å². The van der Waals surface area contributed by atoms with Crippen molar-refractivity contribution >= 4 is 17.5 Å². The second kappa shape index (κ2) is 8.59. The van der Waals surface area contributed by atoms with E-state index in [9.17, 15) is 9.18 Å². The second-order valence-electron chi connectivity index (χ2n) is 6.01. The normalized spacial score (nSPS) is 11.8. The van der Waals surface area contributed by atoms with E-state index >= 15 is 0 Å². The van der Waals surface area contributed by atoms with E-state index < -0.39 is 0 Å². The third kappa shape index (κ3) is 4.90. The lowest BCUT2D eigenvalue weighted by Crippen LogP contribution is -2.30. The summed E-state index contributed by atoms with van der Waals surface area (Å²) in [6, 6.07) is 17.2. The van der Waals surface area contributed by atoms with Gasteiger partial charge in [0.05, 0.1) is 5.92 Å². The van der Waals surface area contributed by atoms with Gasteiger partial charge in [-0.2, -0.15) is 0 Å². The molecule has 26 heavy (non-hydrogen) atoms. The molecule has 1 heterocycles. The molecule has 0 saturated carbocycles. The van der Waals surface area contributed by atoms with Crippen molar-refractivity contribution in [3.05, 3.63) is 101 Å². The number of rotatable bonds is 6. The number of nitrogens with one attached hydrogen (secondary N) is 1. The lowest BCUT2D eigenvalue weighted by molar-refractivity contribution is -0.122. The van der Waals surface area contributed by atoms with Crippen LogP contribution in [0.15, 0.2) is 73.1 Å². The predicted molar refractivity (Wildman–Crippen MR) is 100 cm³/mol. The first kappa shape index (κ1) is 18.1. The van der Waals surface area contributed by atoms with E-state index in [4.69, 9.17) is 11.6 Å². The fourth-order valence-corrected chi connectivity index (χ4v) is 2.85. The summed E-state index contributed by atoms with van der Waals surface area (Å²) in [6.45, 7) is 0.343. The Morgan fingerprint density at radius 3 is 2.42 bits per heavy atom. The molecule has 0 radical (unpaired) electrons. The lowest BCUT2D eigenvalue weighted by atomic mass is 9.91. The zero-order chi connectivity index (χ0) is 18.4. The fourth-order valence-electron chi connectivity index (χ4n) is 2.73. The van der Waals surface area contributed by atoms with Gasteiger partial charge in [-0.15, -0.1) is 0 Å². The molecule has 0 bridgehead atoms. The van der Waals surface area contributed by atoms with Crippen molar-refractivity contribution in [3.8, 4) is 0 Å². The van der Waals surface area contributed by atoms with Crippen molar-refractivity contribution < 1.29 is 9.18 Å². The minimum atomic E-state index is -0.364. The van der Waals surface area contributed by atoms with Crippen molar-refractivity contribution in [1.82, 2.24) is 10.3 Å². The number of aromatic nitrogens is 1. The molecule has 1 amide bonds. The summed E-state index contributed by atoms with van der Waals surface area (Å²) in [5.74, 6) is -0.756. The Morgan fingerprint density at radius 1 is 1.04 bits per heavy atom. The average molecular weight is 369 g/mol. The van der Waals surface area contributed by atoms with Crippen LogP contribution in [0.25, 0.3) is 0 Å². The Bertz CT molecular complexity index is 851. The lowest BCUT2D eigenvalue weighted by Gasteiger charge is -2.17. The van der Waals surface area contributed by atoms with Crippen LogP contribution in [-0.2, 0) is 17.8 Å². The Kier molecular flexibility index (Phi) is 5.97. The topological polar surface area (TPSA) is 42.0 Å². The first-order valence-electron chi connectivity index (χ1n) is 8.28. The molecule has 0 spiro atoms. The van der Waals surface area contributed by atoms with Gasteiger partial charge in [0.15, 0.2) is 0 Å². The number of benzene rings is 2. The average Bonchev–Trinajstić information content (AvgIpc) is 2.67. The molecule has 0 aliphatic carbocycles. The monoisotopic (exact) mass is 368 g/mol. The van der Waals surface area contributed by atoms with Gasteiger partial charge in [-0.3, -0.25) is 9.78 Å². The van der Waals surface area contributed by atoms with Crippen LogP contribution in [0.5, 0.6) is 0 Å². The van der Waals surface area contributed by atoms with Crippen LogP contribution in [0.1, 0.15) is 22.6 Å². The summed E-state index contributed by atoms with van der Waals surface area (Å²) >= 11 is 5.97. The molecule has 0 fully saturated rings. The van der Waals surface area contributed by atoms with Gasteiger partial charge in [0.25, 0.3) is 0 Å². The number of halogens is 2. The fraction of sp³-hybridized carbons (Fsp3) is 0.143. The summed E-state index contributed by atoms with van der Waals surface area (Å²) in [4.78, 5) is 17.0. The zero-order valence-electron chi connectivity index (χ0n) is 14.0.